The molecule has 0 aliphatic heterocycles. The lowest BCUT2D eigenvalue weighted by Crippen LogP contribution is -2.02. The number of carbonyl (C=O) groups is 1. The zero-order valence-electron chi connectivity index (χ0n) is 6.38. The van der Waals surface area contributed by atoms with Gasteiger partial charge in [-0.25, -0.2) is 0 Å². The summed E-state index contributed by atoms with van der Waals surface area (Å²) >= 11 is 0. The number of nitrogens with zero attached hydrogens (tertiary/aromatic N) is 3. The quantitative estimate of drug-likeness (QED) is 0.756. The number of carboxylic acid groups (broad SMARTS) is 1. The van der Waals surface area contributed by atoms with Crippen LogP contribution in [-0.2, 0) is 11.3 Å². The van der Waals surface area contributed by atoms with Crippen molar-refractivity contribution in [1.29, 1.82) is 0 Å². The maximum Gasteiger partial charge on any atom is 0.303 e. The normalized spacial score (nSPS) is 9.00. The van der Waals surface area contributed by atoms with Crippen molar-refractivity contribution in [3.8, 4) is 0 Å². The van der Waals surface area contributed by atoms with Crippen molar-refractivity contribution in [3.63, 3.8) is 0 Å². The van der Waals surface area contributed by atoms with Crippen LogP contribution in [0.1, 0.15) is 12.8 Å². The van der Waals surface area contributed by atoms with Gasteiger partial charge in [0.2, 0.25) is 0 Å². The van der Waals surface area contributed by atoms with E-state index in [0.29, 0.717) is 13.0 Å². The molecule has 0 amide bonds. The van der Waals surface area contributed by atoms with Gasteiger partial charge in [-0.1, -0.05) is 5.21 Å². The minimum absolute atomic E-state index is 0. The van der Waals surface area contributed by atoms with Crippen LogP contribution in [0.25, 0.3) is 0 Å². The fourth-order valence-corrected chi connectivity index (χ4v) is 0.744. The van der Waals surface area contributed by atoms with Gasteiger partial charge in [-0.15, -0.1) is 17.5 Å². The summed E-state index contributed by atoms with van der Waals surface area (Å²) in [6.45, 7) is 0.617. The second-order valence-corrected chi connectivity index (χ2v) is 2.16. The van der Waals surface area contributed by atoms with Gasteiger partial charge in [-0.05, 0) is 6.42 Å². The summed E-state index contributed by atoms with van der Waals surface area (Å²) in [5.41, 5.74) is 0. The van der Waals surface area contributed by atoms with Crippen LogP contribution in [0.2, 0.25) is 0 Å². The highest BCUT2D eigenvalue weighted by Crippen LogP contribution is 1.92. The Bertz CT molecular complexity index is 225. The highest BCUT2D eigenvalue weighted by molar-refractivity contribution is 5.85. The first-order chi connectivity index (χ1) is 5.29. The molecule has 1 aromatic heterocycles. The zero-order valence-corrected chi connectivity index (χ0v) is 7.20. The van der Waals surface area contributed by atoms with Crippen molar-refractivity contribution in [3.05, 3.63) is 12.4 Å². The van der Waals surface area contributed by atoms with Crippen molar-refractivity contribution in [1.82, 2.24) is 15.0 Å². The number of aliphatic carboxylic acids is 1. The second kappa shape index (κ2) is 5.54. The smallest absolute Gasteiger partial charge is 0.303 e. The fraction of sp³-hybridized carbons (Fsp3) is 0.500. The highest BCUT2D eigenvalue weighted by atomic mass is 35.5. The van der Waals surface area contributed by atoms with E-state index in [9.17, 15) is 4.79 Å². The predicted molar refractivity (Wildman–Crippen MR) is 44.1 cm³/mol. The van der Waals surface area contributed by atoms with Gasteiger partial charge in [0, 0.05) is 19.2 Å². The van der Waals surface area contributed by atoms with E-state index in [1.807, 2.05) is 0 Å². The summed E-state index contributed by atoms with van der Waals surface area (Å²) in [7, 11) is 0. The minimum Gasteiger partial charge on any atom is -0.481 e. The molecule has 1 rings (SSSR count). The van der Waals surface area contributed by atoms with E-state index in [4.69, 9.17) is 5.11 Å². The van der Waals surface area contributed by atoms with E-state index >= 15 is 0 Å². The molecule has 0 saturated heterocycles. The monoisotopic (exact) mass is 191 g/mol. The molecule has 6 heteroatoms. The first kappa shape index (κ1) is 10.9. The summed E-state index contributed by atoms with van der Waals surface area (Å²) in [5, 5.41) is 15.6. The molecule has 0 aliphatic rings. The van der Waals surface area contributed by atoms with Gasteiger partial charge in [0.15, 0.2) is 0 Å². The first-order valence-corrected chi connectivity index (χ1v) is 3.35. The van der Waals surface area contributed by atoms with Crippen LogP contribution < -0.4 is 0 Å². The number of hydrogen-bond donors (Lipinski definition) is 1. The van der Waals surface area contributed by atoms with E-state index in [1.165, 1.54) is 0 Å². The Morgan fingerprint density at radius 2 is 2.33 bits per heavy atom. The molecule has 0 unspecified atom stereocenters. The van der Waals surface area contributed by atoms with Crippen molar-refractivity contribution in [2.24, 2.45) is 0 Å². The maximum absolute atomic E-state index is 10.1. The van der Waals surface area contributed by atoms with Crippen LogP contribution in [0.5, 0.6) is 0 Å². The van der Waals surface area contributed by atoms with E-state index < -0.39 is 5.97 Å². The fourth-order valence-electron chi connectivity index (χ4n) is 0.744. The molecule has 12 heavy (non-hydrogen) atoms. The van der Waals surface area contributed by atoms with Crippen molar-refractivity contribution >= 4 is 18.4 Å². The van der Waals surface area contributed by atoms with Crippen molar-refractivity contribution < 1.29 is 9.90 Å². The van der Waals surface area contributed by atoms with Gasteiger partial charge in [-0.3, -0.25) is 9.48 Å². The predicted octanol–water partition coefficient (Wildman–Crippen LogP) is 0.565. The standard InChI is InChI=1S/C6H9N3O2.ClH/c10-6(11)2-1-4-9-5-3-7-8-9;/h3,5H,1-2,4H2,(H,10,11);1H. The number of rotatable bonds is 4. The molecule has 0 fully saturated rings. The van der Waals surface area contributed by atoms with E-state index in [2.05, 4.69) is 10.3 Å². The van der Waals surface area contributed by atoms with Crippen LogP contribution in [0, 0.1) is 0 Å². The number of hydrogen-bond acceptors (Lipinski definition) is 3. The van der Waals surface area contributed by atoms with Gasteiger partial charge in [0.05, 0.1) is 6.20 Å². The third kappa shape index (κ3) is 3.92. The molecule has 0 saturated carbocycles. The second-order valence-electron chi connectivity index (χ2n) is 2.16. The first-order valence-electron chi connectivity index (χ1n) is 3.35. The van der Waals surface area contributed by atoms with Crippen molar-refractivity contribution in [2.45, 2.75) is 19.4 Å². The summed E-state index contributed by atoms with van der Waals surface area (Å²) < 4.78 is 1.61. The Balaban J connectivity index is 0.00000121. The van der Waals surface area contributed by atoms with E-state index in [-0.39, 0.29) is 18.8 Å². The number of halogens is 1. The molecule has 1 heterocycles. The van der Waals surface area contributed by atoms with Crippen LogP contribution in [0.4, 0.5) is 0 Å². The largest absolute Gasteiger partial charge is 0.481 e. The lowest BCUT2D eigenvalue weighted by Gasteiger charge is -1.95. The average Bonchev–Trinajstić information content (AvgIpc) is 2.39. The third-order valence-corrected chi connectivity index (χ3v) is 1.25. The Kier molecular flexibility index (Phi) is 5.03. The summed E-state index contributed by atoms with van der Waals surface area (Å²) in [6, 6.07) is 0. The van der Waals surface area contributed by atoms with Gasteiger partial charge in [0.25, 0.3) is 0 Å². The van der Waals surface area contributed by atoms with Crippen LogP contribution in [0.15, 0.2) is 12.4 Å². The minimum atomic E-state index is -0.773. The van der Waals surface area contributed by atoms with E-state index in [1.54, 1.807) is 17.1 Å². The molecule has 5 nitrogen and oxygen atoms in total. The van der Waals surface area contributed by atoms with Gasteiger partial charge < -0.3 is 5.11 Å². The Morgan fingerprint density at radius 1 is 1.58 bits per heavy atom. The molecule has 1 aromatic rings. The van der Waals surface area contributed by atoms with E-state index in [0.717, 1.165) is 0 Å². The Hall–Kier alpha value is -1.10. The Labute approximate surface area is 75.8 Å². The molecular weight excluding hydrogens is 182 g/mol. The van der Waals surface area contributed by atoms with Gasteiger partial charge in [0.1, 0.15) is 0 Å². The summed E-state index contributed by atoms with van der Waals surface area (Å²) in [6.07, 6.45) is 4.06. The van der Waals surface area contributed by atoms with Crippen molar-refractivity contribution in [2.75, 3.05) is 0 Å². The molecule has 1 N–H and O–H groups in total. The zero-order chi connectivity index (χ0) is 8.10. The molecule has 0 aromatic carbocycles. The molecule has 0 atom stereocenters. The van der Waals surface area contributed by atoms with Crippen LogP contribution in [-0.4, -0.2) is 26.1 Å². The number of aryl methyl sites for hydroxylation is 1. The molecule has 0 aliphatic carbocycles. The number of carboxylic acids is 1. The van der Waals surface area contributed by atoms with Gasteiger partial charge in [-0.2, -0.15) is 0 Å². The summed E-state index contributed by atoms with van der Waals surface area (Å²) in [5.74, 6) is -0.773. The van der Waals surface area contributed by atoms with Crippen LogP contribution >= 0.6 is 12.4 Å². The Morgan fingerprint density at radius 3 is 2.83 bits per heavy atom. The maximum atomic E-state index is 10.1. The van der Waals surface area contributed by atoms with Crippen LogP contribution in [0.3, 0.4) is 0 Å². The highest BCUT2D eigenvalue weighted by Gasteiger charge is 1.96. The average molecular weight is 192 g/mol. The van der Waals surface area contributed by atoms with Gasteiger partial charge >= 0.3 is 5.97 Å². The third-order valence-electron chi connectivity index (χ3n) is 1.25. The lowest BCUT2D eigenvalue weighted by molar-refractivity contribution is -0.137. The summed E-state index contributed by atoms with van der Waals surface area (Å²) in [4.78, 5) is 10.1. The number of aromatic nitrogens is 3. The lowest BCUT2D eigenvalue weighted by atomic mass is 10.3. The molecule has 68 valence electrons. The molecule has 0 bridgehead atoms. The molecule has 0 spiro atoms. The topological polar surface area (TPSA) is 68.0 Å². The molecular formula is C6H10ClN3O2. The molecule has 0 radical (unpaired) electrons. The SMILES string of the molecule is Cl.O=C(O)CCCn1ccnn1.